The molecule has 1 fully saturated rings. The van der Waals surface area contributed by atoms with E-state index >= 15 is 0 Å². The maximum Gasteiger partial charge on any atom is 0.189 e. The van der Waals surface area contributed by atoms with Gasteiger partial charge in [-0.1, -0.05) is 19.1 Å². The SMILES string of the molecule is CCNC(C)c1ccc(C)cc1OCOCC1CC1. The van der Waals surface area contributed by atoms with E-state index in [0.717, 1.165) is 24.8 Å². The van der Waals surface area contributed by atoms with Gasteiger partial charge in [0.25, 0.3) is 0 Å². The lowest BCUT2D eigenvalue weighted by molar-refractivity contribution is 0.00922. The number of nitrogens with one attached hydrogen (secondary N) is 1. The van der Waals surface area contributed by atoms with Crippen molar-refractivity contribution in [3.8, 4) is 5.75 Å². The Balaban J connectivity index is 1.92. The number of aryl methyl sites for hydroxylation is 1. The van der Waals surface area contributed by atoms with Crippen LogP contribution in [0.3, 0.4) is 0 Å². The van der Waals surface area contributed by atoms with Crippen molar-refractivity contribution in [3.63, 3.8) is 0 Å². The van der Waals surface area contributed by atoms with E-state index in [1.165, 1.54) is 24.0 Å². The Kier molecular flexibility index (Phi) is 5.23. The van der Waals surface area contributed by atoms with E-state index in [1.807, 2.05) is 0 Å². The lowest BCUT2D eigenvalue weighted by atomic mass is 10.1. The average Bonchev–Trinajstić information content (AvgIpc) is 3.19. The molecule has 0 radical (unpaired) electrons. The van der Waals surface area contributed by atoms with Crippen LogP contribution in [0.5, 0.6) is 5.75 Å². The van der Waals surface area contributed by atoms with Crippen LogP contribution in [-0.4, -0.2) is 19.9 Å². The third kappa shape index (κ3) is 4.51. The number of hydrogen-bond donors (Lipinski definition) is 1. The van der Waals surface area contributed by atoms with Crippen molar-refractivity contribution < 1.29 is 9.47 Å². The maximum atomic E-state index is 5.80. The molecule has 0 amide bonds. The molecule has 3 heteroatoms. The minimum atomic E-state index is 0.295. The summed E-state index contributed by atoms with van der Waals surface area (Å²) in [5.41, 5.74) is 2.41. The van der Waals surface area contributed by atoms with Crippen LogP contribution in [0.25, 0.3) is 0 Å². The van der Waals surface area contributed by atoms with Gasteiger partial charge >= 0.3 is 0 Å². The van der Waals surface area contributed by atoms with E-state index in [2.05, 4.69) is 44.3 Å². The number of hydrogen-bond acceptors (Lipinski definition) is 3. The van der Waals surface area contributed by atoms with Crippen molar-refractivity contribution in [1.82, 2.24) is 5.32 Å². The summed E-state index contributed by atoms with van der Waals surface area (Å²) in [5, 5.41) is 3.42. The fourth-order valence-electron chi connectivity index (χ4n) is 2.14. The highest BCUT2D eigenvalue weighted by Crippen LogP contribution is 2.29. The lowest BCUT2D eigenvalue weighted by Gasteiger charge is -2.18. The predicted octanol–water partition coefficient (Wildman–Crippen LogP) is 3.43. The zero-order chi connectivity index (χ0) is 13.7. The fourth-order valence-corrected chi connectivity index (χ4v) is 2.14. The van der Waals surface area contributed by atoms with Crippen molar-refractivity contribution in [2.75, 3.05) is 19.9 Å². The van der Waals surface area contributed by atoms with E-state index in [-0.39, 0.29) is 0 Å². The predicted molar refractivity (Wildman–Crippen MR) is 77.4 cm³/mol. The number of ether oxygens (including phenoxy) is 2. The zero-order valence-corrected chi connectivity index (χ0v) is 12.2. The average molecular weight is 263 g/mol. The van der Waals surface area contributed by atoms with Crippen LogP contribution < -0.4 is 10.1 Å². The summed E-state index contributed by atoms with van der Waals surface area (Å²) in [6.07, 6.45) is 2.63. The van der Waals surface area contributed by atoms with Crippen molar-refractivity contribution >= 4 is 0 Å². The lowest BCUT2D eigenvalue weighted by Crippen LogP contribution is -2.19. The summed E-state index contributed by atoms with van der Waals surface area (Å²) >= 11 is 0. The van der Waals surface area contributed by atoms with Crippen LogP contribution >= 0.6 is 0 Å². The summed E-state index contributed by atoms with van der Waals surface area (Å²) in [4.78, 5) is 0. The van der Waals surface area contributed by atoms with Crippen molar-refractivity contribution in [2.24, 2.45) is 5.92 Å². The second kappa shape index (κ2) is 6.92. The monoisotopic (exact) mass is 263 g/mol. The van der Waals surface area contributed by atoms with Crippen LogP contribution in [0.15, 0.2) is 18.2 Å². The molecule has 1 aliphatic carbocycles. The molecule has 1 unspecified atom stereocenters. The molecule has 19 heavy (non-hydrogen) atoms. The van der Waals surface area contributed by atoms with Gasteiger partial charge in [-0.25, -0.2) is 0 Å². The van der Waals surface area contributed by atoms with Gasteiger partial charge in [0.15, 0.2) is 6.79 Å². The van der Waals surface area contributed by atoms with Crippen LogP contribution in [0, 0.1) is 12.8 Å². The molecular weight excluding hydrogens is 238 g/mol. The molecule has 1 N–H and O–H groups in total. The molecule has 1 aromatic rings. The molecule has 3 nitrogen and oxygen atoms in total. The summed E-state index contributed by atoms with van der Waals surface area (Å²) in [7, 11) is 0. The van der Waals surface area contributed by atoms with E-state index in [1.54, 1.807) is 0 Å². The normalized spacial score (nSPS) is 16.4. The quantitative estimate of drug-likeness (QED) is 0.576. The third-order valence-electron chi connectivity index (χ3n) is 3.49. The topological polar surface area (TPSA) is 30.5 Å². The van der Waals surface area contributed by atoms with E-state index in [4.69, 9.17) is 9.47 Å². The highest BCUT2D eigenvalue weighted by Gasteiger charge is 2.21. The largest absolute Gasteiger partial charge is 0.467 e. The van der Waals surface area contributed by atoms with Crippen LogP contribution in [-0.2, 0) is 4.74 Å². The Morgan fingerprint density at radius 2 is 2.16 bits per heavy atom. The number of rotatable bonds is 8. The smallest absolute Gasteiger partial charge is 0.189 e. The minimum absolute atomic E-state index is 0.295. The molecule has 0 aromatic heterocycles. The molecule has 0 aliphatic heterocycles. The van der Waals surface area contributed by atoms with Gasteiger partial charge in [0.2, 0.25) is 0 Å². The van der Waals surface area contributed by atoms with Gasteiger partial charge in [0.05, 0.1) is 6.61 Å². The van der Waals surface area contributed by atoms with Crippen molar-refractivity contribution in [1.29, 1.82) is 0 Å². The molecule has 1 saturated carbocycles. The highest BCUT2D eigenvalue weighted by molar-refractivity contribution is 5.39. The van der Waals surface area contributed by atoms with Gasteiger partial charge in [-0.05, 0) is 50.8 Å². The molecule has 1 aromatic carbocycles. The molecule has 0 bridgehead atoms. The van der Waals surface area contributed by atoms with E-state index < -0.39 is 0 Å². The third-order valence-corrected chi connectivity index (χ3v) is 3.49. The van der Waals surface area contributed by atoms with Gasteiger partial charge in [0.1, 0.15) is 5.75 Å². The molecule has 0 heterocycles. The standard InChI is InChI=1S/C16H25NO2/c1-4-17-13(3)15-8-5-12(2)9-16(15)19-11-18-10-14-6-7-14/h5,8-9,13-14,17H,4,6-7,10-11H2,1-3H3. The summed E-state index contributed by atoms with van der Waals surface area (Å²) in [6.45, 7) is 8.50. The van der Waals surface area contributed by atoms with Gasteiger partial charge < -0.3 is 14.8 Å². The molecule has 1 atom stereocenters. The zero-order valence-electron chi connectivity index (χ0n) is 12.2. The summed E-state index contributed by atoms with van der Waals surface area (Å²) < 4.78 is 11.4. The highest BCUT2D eigenvalue weighted by atomic mass is 16.7. The van der Waals surface area contributed by atoms with Gasteiger partial charge in [-0.15, -0.1) is 0 Å². The van der Waals surface area contributed by atoms with Crippen molar-refractivity contribution in [2.45, 2.75) is 39.7 Å². The second-order valence-electron chi connectivity index (χ2n) is 5.40. The first kappa shape index (κ1) is 14.4. The van der Waals surface area contributed by atoms with Gasteiger partial charge in [-0.3, -0.25) is 0 Å². The minimum Gasteiger partial charge on any atom is -0.467 e. The molecular formula is C16H25NO2. The van der Waals surface area contributed by atoms with Crippen molar-refractivity contribution in [3.05, 3.63) is 29.3 Å². The first-order valence-electron chi connectivity index (χ1n) is 7.25. The Hall–Kier alpha value is -1.06. The molecule has 106 valence electrons. The molecule has 1 aliphatic rings. The van der Waals surface area contributed by atoms with Gasteiger partial charge in [-0.2, -0.15) is 0 Å². The van der Waals surface area contributed by atoms with Crippen LogP contribution in [0.4, 0.5) is 0 Å². The van der Waals surface area contributed by atoms with Crippen LogP contribution in [0.2, 0.25) is 0 Å². The van der Waals surface area contributed by atoms with Crippen LogP contribution in [0.1, 0.15) is 43.9 Å². The first-order valence-corrected chi connectivity index (χ1v) is 7.25. The Morgan fingerprint density at radius 1 is 1.37 bits per heavy atom. The molecule has 2 rings (SSSR count). The number of benzene rings is 1. The fraction of sp³-hybridized carbons (Fsp3) is 0.625. The van der Waals surface area contributed by atoms with Gasteiger partial charge in [0, 0.05) is 11.6 Å². The second-order valence-corrected chi connectivity index (χ2v) is 5.40. The van der Waals surface area contributed by atoms with E-state index in [9.17, 15) is 0 Å². The summed E-state index contributed by atoms with van der Waals surface area (Å²) in [5.74, 6) is 1.71. The summed E-state index contributed by atoms with van der Waals surface area (Å²) in [6, 6.07) is 6.65. The van der Waals surface area contributed by atoms with E-state index in [0.29, 0.717) is 12.8 Å². The Morgan fingerprint density at radius 3 is 2.84 bits per heavy atom. The molecule has 0 saturated heterocycles. The Labute approximate surface area is 116 Å². The Bertz CT molecular complexity index is 402. The molecule has 0 spiro atoms. The maximum absolute atomic E-state index is 5.80. The first-order chi connectivity index (χ1) is 9.20.